The molecule has 1 amide bonds. The maximum Gasteiger partial charge on any atom is 0.412 e. The van der Waals surface area contributed by atoms with Gasteiger partial charge in [-0.1, -0.05) is 30.3 Å². The van der Waals surface area contributed by atoms with Crippen molar-refractivity contribution in [2.24, 2.45) is 0 Å². The summed E-state index contributed by atoms with van der Waals surface area (Å²) in [4.78, 5) is 13.0. The molecule has 0 heterocycles. The van der Waals surface area contributed by atoms with Crippen LogP contribution in [0.2, 0.25) is 0 Å². The van der Waals surface area contributed by atoms with E-state index < -0.39 is 18.1 Å². The Kier molecular flexibility index (Phi) is 5.13. The van der Waals surface area contributed by atoms with E-state index in [4.69, 9.17) is 0 Å². The van der Waals surface area contributed by atoms with E-state index in [0.717, 1.165) is 4.90 Å². The van der Waals surface area contributed by atoms with Gasteiger partial charge in [0.25, 0.3) is 5.91 Å². The molecular formula is C16H14F3NOS. The van der Waals surface area contributed by atoms with Gasteiger partial charge in [0.15, 0.2) is 6.04 Å². The fourth-order valence-electron chi connectivity index (χ4n) is 1.96. The molecule has 2 rings (SSSR count). The van der Waals surface area contributed by atoms with Gasteiger partial charge in [-0.25, -0.2) is 0 Å². The molecule has 116 valence electrons. The van der Waals surface area contributed by atoms with E-state index in [-0.39, 0.29) is 11.1 Å². The monoisotopic (exact) mass is 325 g/mol. The highest BCUT2D eigenvalue weighted by Gasteiger charge is 2.41. The minimum Gasteiger partial charge on any atom is -0.337 e. The van der Waals surface area contributed by atoms with Crippen LogP contribution in [0.25, 0.3) is 0 Å². The topological polar surface area (TPSA) is 29.1 Å². The number of nitrogens with one attached hydrogen (secondary N) is 1. The second kappa shape index (κ2) is 6.87. The molecule has 0 saturated carbocycles. The van der Waals surface area contributed by atoms with Gasteiger partial charge in [-0.05, 0) is 36.1 Å². The molecule has 2 aromatic carbocycles. The Bertz CT molecular complexity index is 626. The molecule has 0 aliphatic carbocycles. The van der Waals surface area contributed by atoms with E-state index >= 15 is 0 Å². The summed E-state index contributed by atoms with van der Waals surface area (Å²) in [5.41, 5.74) is 0.201. The van der Waals surface area contributed by atoms with E-state index in [1.807, 2.05) is 6.26 Å². The van der Waals surface area contributed by atoms with Gasteiger partial charge in [-0.3, -0.25) is 4.79 Å². The maximum atomic E-state index is 13.2. The largest absolute Gasteiger partial charge is 0.412 e. The van der Waals surface area contributed by atoms with E-state index in [1.165, 1.54) is 48.2 Å². The lowest BCUT2D eigenvalue weighted by atomic mass is 10.1. The number of carbonyl (C=O) groups is 1. The van der Waals surface area contributed by atoms with Crippen molar-refractivity contribution in [3.8, 4) is 0 Å². The number of rotatable bonds is 4. The lowest BCUT2D eigenvalue weighted by Gasteiger charge is -2.22. The van der Waals surface area contributed by atoms with Gasteiger partial charge in [-0.15, -0.1) is 11.8 Å². The smallest absolute Gasteiger partial charge is 0.337 e. The summed E-state index contributed by atoms with van der Waals surface area (Å²) in [5, 5.41) is 2.06. The van der Waals surface area contributed by atoms with Crippen LogP contribution in [-0.4, -0.2) is 18.3 Å². The Hall–Kier alpha value is -1.95. The third-order valence-electron chi connectivity index (χ3n) is 3.09. The van der Waals surface area contributed by atoms with Crippen molar-refractivity contribution in [2.75, 3.05) is 6.26 Å². The first-order valence-corrected chi connectivity index (χ1v) is 7.71. The highest BCUT2D eigenvalue weighted by atomic mass is 32.2. The first-order valence-electron chi connectivity index (χ1n) is 6.48. The molecule has 1 N–H and O–H groups in total. The summed E-state index contributed by atoms with van der Waals surface area (Å²) in [6.45, 7) is 0. The molecule has 0 spiro atoms. The van der Waals surface area contributed by atoms with E-state index in [9.17, 15) is 18.0 Å². The first-order chi connectivity index (χ1) is 10.4. The van der Waals surface area contributed by atoms with E-state index in [0.29, 0.717) is 0 Å². The van der Waals surface area contributed by atoms with Gasteiger partial charge in [0.1, 0.15) is 0 Å². The summed E-state index contributed by atoms with van der Waals surface area (Å²) in [6, 6.07) is 11.7. The number of thioether (sulfide) groups is 1. The molecule has 2 aromatic rings. The normalized spacial score (nSPS) is 12.7. The van der Waals surface area contributed by atoms with Crippen molar-refractivity contribution < 1.29 is 18.0 Å². The summed E-state index contributed by atoms with van der Waals surface area (Å²) in [5.74, 6) is -0.751. The highest BCUT2D eigenvalue weighted by molar-refractivity contribution is 7.98. The number of hydrogen-bond acceptors (Lipinski definition) is 2. The average molecular weight is 325 g/mol. The molecule has 0 aromatic heterocycles. The number of amides is 1. The molecule has 0 bridgehead atoms. The number of hydrogen-bond donors (Lipinski definition) is 1. The van der Waals surface area contributed by atoms with Gasteiger partial charge >= 0.3 is 6.18 Å². The molecule has 0 aliphatic rings. The Morgan fingerprint density at radius 2 is 1.64 bits per heavy atom. The number of alkyl halides is 3. The minimum absolute atomic E-state index is 0.00378. The number of halogens is 3. The Labute approximate surface area is 130 Å². The molecule has 1 unspecified atom stereocenters. The number of benzene rings is 2. The van der Waals surface area contributed by atoms with Gasteiger partial charge in [0, 0.05) is 10.5 Å². The molecular weight excluding hydrogens is 311 g/mol. The Morgan fingerprint density at radius 1 is 1.05 bits per heavy atom. The SMILES string of the molecule is CSc1ccc(C(=O)NC(c2ccccc2)C(F)(F)F)cc1. The van der Waals surface area contributed by atoms with Crippen molar-refractivity contribution in [1.82, 2.24) is 5.32 Å². The van der Waals surface area contributed by atoms with E-state index in [2.05, 4.69) is 5.32 Å². The molecule has 0 aliphatic heterocycles. The van der Waals surface area contributed by atoms with Crippen LogP contribution in [0, 0.1) is 0 Å². The van der Waals surface area contributed by atoms with Crippen molar-refractivity contribution in [3.63, 3.8) is 0 Å². The zero-order valence-electron chi connectivity index (χ0n) is 11.7. The van der Waals surface area contributed by atoms with E-state index in [1.54, 1.807) is 18.2 Å². The van der Waals surface area contributed by atoms with Crippen LogP contribution in [0.3, 0.4) is 0 Å². The van der Waals surface area contributed by atoms with Gasteiger partial charge in [0.05, 0.1) is 0 Å². The third kappa shape index (κ3) is 4.04. The Balaban J connectivity index is 2.21. The quantitative estimate of drug-likeness (QED) is 0.842. The minimum atomic E-state index is -4.56. The lowest BCUT2D eigenvalue weighted by Crippen LogP contribution is -2.38. The second-order valence-electron chi connectivity index (χ2n) is 4.59. The fraction of sp³-hybridized carbons (Fsp3) is 0.188. The molecule has 1 atom stereocenters. The summed E-state index contributed by atoms with van der Waals surface area (Å²) in [7, 11) is 0. The van der Waals surface area contributed by atoms with Crippen molar-refractivity contribution >= 4 is 17.7 Å². The van der Waals surface area contributed by atoms with Gasteiger partial charge in [-0.2, -0.15) is 13.2 Å². The van der Waals surface area contributed by atoms with Gasteiger partial charge in [0.2, 0.25) is 0 Å². The fourth-order valence-corrected chi connectivity index (χ4v) is 2.36. The van der Waals surface area contributed by atoms with Gasteiger partial charge < -0.3 is 5.32 Å². The van der Waals surface area contributed by atoms with Crippen LogP contribution < -0.4 is 5.32 Å². The van der Waals surface area contributed by atoms with Crippen LogP contribution in [0.1, 0.15) is 22.0 Å². The molecule has 0 fully saturated rings. The Morgan fingerprint density at radius 3 is 2.14 bits per heavy atom. The molecule has 6 heteroatoms. The maximum absolute atomic E-state index is 13.2. The standard InChI is InChI=1S/C16H14F3NOS/c1-22-13-9-7-12(8-10-13)15(21)20-14(16(17,18)19)11-5-3-2-4-6-11/h2-10,14H,1H3,(H,20,21). The molecule has 2 nitrogen and oxygen atoms in total. The van der Waals surface area contributed by atoms with Crippen molar-refractivity contribution in [2.45, 2.75) is 17.1 Å². The first kappa shape index (κ1) is 16.4. The van der Waals surface area contributed by atoms with Crippen LogP contribution in [0.4, 0.5) is 13.2 Å². The molecule has 22 heavy (non-hydrogen) atoms. The summed E-state index contributed by atoms with van der Waals surface area (Å²) in [6.07, 6.45) is -2.68. The summed E-state index contributed by atoms with van der Waals surface area (Å²) < 4.78 is 39.5. The van der Waals surface area contributed by atoms with Crippen LogP contribution in [0.5, 0.6) is 0 Å². The predicted octanol–water partition coefficient (Wildman–Crippen LogP) is 4.44. The summed E-state index contributed by atoms with van der Waals surface area (Å²) >= 11 is 1.49. The highest BCUT2D eigenvalue weighted by Crippen LogP contribution is 2.32. The lowest BCUT2D eigenvalue weighted by molar-refractivity contribution is -0.155. The zero-order valence-corrected chi connectivity index (χ0v) is 12.5. The van der Waals surface area contributed by atoms with Crippen LogP contribution in [0.15, 0.2) is 59.5 Å². The average Bonchev–Trinajstić information content (AvgIpc) is 2.52. The number of carbonyl (C=O) groups excluding carboxylic acids is 1. The predicted molar refractivity (Wildman–Crippen MR) is 80.9 cm³/mol. The van der Waals surface area contributed by atoms with Crippen molar-refractivity contribution in [3.05, 3.63) is 65.7 Å². The molecule has 0 saturated heterocycles. The second-order valence-corrected chi connectivity index (χ2v) is 5.47. The van der Waals surface area contributed by atoms with Crippen LogP contribution >= 0.6 is 11.8 Å². The molecule has 0 radical (unpaired) electrons. The zero-order chi connectivity index (χ0) is 16.2. The third-order valence-corrected chi connectivity index (χ3v) is 3.83. The van der Waals surface area contributed by atoms with Crippen molar-refractivity contribution in [1.29, 1.82) is 0 Å². The van der Waals surface area contributed by atoms with Crippen LogP contribution in [-0.2, 0) is 0 Å².